The molecule has 34 heteroatoms. The summed E-state index contributed by atoms with van der Waals surface area (Å²) in [5.41, 5.74) is 34.2. The van der Waals surface area contributed by atoms with Crippen LogP contribution in [0.3, 0.4) is 0 Å². The number of hydrogen-bond acceptors (Lipinski definition) is 23. The molecule has 0 heterocycles. The van der Waals surface area contributed by atoms with Crippen LogP contribution in [-0.4, -0.2) is 207 Å². The number of rotatable bonds is 71. The number of amides is 8. The third kappa shape index (κ3) is 46.6. The van der Waals surface area contributed by atoms with Gasteiger partial charge in [0, 0.05) is 81.6 Å². The summed E-state index contributed by atoms with van der Waals surface area (Å²) >= 11 is 2.81. The van der Waals surface area contributed by atoms with Crippen LogP contribution >= 0.6 is 23.5 Å². The van der Waals surface area contributed by atoms with Crippen LogP contribution in [0.5, 0.6) is 5.75 Å². The van der Waals surface area contributed by atoms with Crippen molar-refractivity contribution in [2.75, 3.05) is 56.8 Å². The van der Waals surface area contributed by atoms with Crippen molar-refractivity contribution in [2.45, 2.75) is 275 Å². The average molecular weight is 1650 g/mol. The van der Waals surface area contributed by atoms with Gasteiger partial charge in [-0.05, 0) is 139 Å². The molecule has 1 aromatic carbocycles. The molecule has 8 amide bonds. The number of nitrogens with zero attached hydrogens (tertiary/aromatic N) is 1. The number of hydrogen-bond donors (Lipinski definition) is 16. The standard InChI is InChI=1S/C80H135N13O19S2/c1-6-7-8-9-10-11-12-13-14-15-16-17-18-25-59(97)43-55(34-39-113-4)75(108)88-49-60(98)44-56(42-53-28-30-58(96)31-29-53)77(110)91-64(32-33-71(83)103)68(100)45-54(24-19-21-36-81)76(109)90-62(26-20-22-37-82)67(99)41-51(2)74(107)89-63(27-23-38-87-80(85)86)69(101)46-57(50-94)78(111)92-65(35-40-114-5)70(102)47-61(52(3)95)79(112)93-66(73(84)106)48-72(104)105/h28-31,51-52,54-57,61-66,94-96H,6-27,32-50,81-82H2,1-5H3,(H2,83,103)(H2,84,106)(H,88,108)(H,89,107)(H,90,109)(H,91,110)(H,92,111)(H,93,112)(H,104,105)(H4,85,86,87)/t51-,52-,54-,55-,56-,57+,61+,62+,63+,64+,65+,66+/m1/s1. The van der Waals surface area contributed by atoms with Crippen LogP contribution in [-0.2, 0) is 78.3 Å². The van der Waals surface area contributed by atoms with Crippen LogP contribution in [0.4, 0.5) is 0 Å². The van der Waals surface area contributed by atoms with Gasteiger partial charge in [-0.1, -0.05) is 109 Å². The first-order chi connectivity index (χ1) is 54.2. The number of phenolic OH excluding ortho intramolecular Hbond substituents is 1. The minimum Gasteiger partial charge on any atom is -0.508 e. The Morgan fingerprint density at radius 3 is 1.43 bits per heavy atom. The molecule has 0 aromatic heterocycles. The zero-order chi connectivity index (χ0) is 85.5. The number of nitrogens with two attached hydrogens (primary N) is 6. The van der Waals surface area contributed by atoms with Crippen LogP contribution in [0, 0.1) is 35.5 Å². The van der Waals surface area contributed by atoms with Crippen molar-refractivity contribution in [1.29, 1.82) is 0 Å². The molecule has 0 aliphatic rings. The lowest BCUT2D eigenvalue weighted by Gasteiger charge is -2.26. The molecule has 0 saturated heterocycles. The fourth-order valence-corrected chi connectivity index (χ4v) is 14.0. The Labute approximate surface area is 681 Å². The number of thioether (sulfide) groups is 2. The van der Waals surface area contributed by atoms with Crippen LogP contribution in [0.15, 0.2) is 29.3 Å². The minimum absolute atomic E-state index is 0.0155. The summed E-state index contributed by atoms with van der Waals surface area (Å²) in [6.45, 7) is 3.79. The van der Waals surface area contributed by atoms with Crippen molar-refractivity contribution in [3.8, 4) is 5.75 Å². The zero-order valence-corrected chi connectivity index (χ0v) is 69.5. The molecular weight excluding hydrogens is 1510 g/mol. The molecule has 1 aromatic rings. The minimum atomic E-state index is -1.69. The highest BCUT2D eigenvalue weighted by Crippen LogP contribution is 2.25. The molecule has 646 valence electrons. The maximum absolute atomic E-state index is 14.7. The Kier molecular flexibility index (Phi) is 56.1. The van der Waals surface area contributed by atoms with Crippen molar-refractivity contribution in [2.24, 2.45) is 74.9 Å². The van der Waals surface area contributed by atoms with Crippen molar-refractivity contribution in [1.82, 2.24) is 31.9 Å². The summed E-state index contributed by atoms with van der Waals surface area (Å²) in [5, 5.41) is 55.9. The van der Waals surface area contributed by atoms with E-state index in [0.29, 0.717) is 49.8 Å². The molecule has 0 bridgehead atoms. The van der Waals surface area contributed by atoms with E-state index in [1.165, 1.54) is 107 Å². The number of aromatic hydroxyl groups is 1. The lowest BCUT2D eigenvalue weighted by molar-refractivity contribution is -0.141. The summed E-state index contributed by atoms with van der Waals surface area (Å²) in [6.07, 6.45) is 14.9. The SMILES string of the molecule is CCCCCCCCCCCCCCCC(=O)C[C@@H](CCSC)C(=O)NCC(=O)C[C@@H](Cc1ccc(O)cc1)C(=O)N[C@@H](CCC(N)=O)C(=O)C[C@@H](CCCCN)C(=O)N[C@@H](CCCCN)C(=O)C[C@@H](C)C(=O)N[C@@H](CCCN=C(N)N)C(=O)C[C@@H](CO)C(=O)N[C@@H](CCSC)C(=O)C[C@H](C(=O)N[C@@H](CC(=O)O)C(N)=O)[C@@H](C)O. The second-order valence-corrected chi connectivity index (χ2v) is 31.8. The molecule has 1 rings (SSSR count). The molecule has 114 heavy (non-hydrogen) atoms. The van der Waals surface area contributed by atoms with Gasteiger partial charge in [-0.3, -0.25) is 76.9 Å². The molecule has 12 atom stereocenters. The number of unbranched alkanes of at least 4 members (excludes halogenated alkanes) is 14. The molecule has 32 nitrogen and oxygen atoms in total. The van der Waals surface area contributed by atoms with Crippen LogP contribution < -0.4 is 66.3 Å². The van der Waals surface area contributed by atoms with Crippen LogP contribution in [0.2, 0.25) is 0 Å². The van der Waals surface area contributed by atoms with Crippen molar-refractivity contribution < 1.29 is 92.3 Å². The Morgan fingerprint density at radius 1 is 0.456 bits per heavy atom. The van der Waals surface area contributed by atoms with Gasteiger partial charge in [0.1, 0.15) is 17.6 Å². The van der Waals surface area contributed by atoms with Gasteiger partial charge in [0.2, 0.25) is 47.3 Å². The number of aliphatic imine (C=N–C) groups is 1. The maximum atomic E-state index is 14.7. The number of nitrogens with one attached hydrogen (secondary N) is 6. The molecular formula is C80H135N13O19S2. The third-order valence-corrected chi connectivity index (χ3v) is 21.3. The number of carbonyl (C=O) groups excluding carboxylic acids is 14. The molecule has 0 spiro atoms. The summed E-state index contributed by atoms with van der Waals surface area (Å²) in [6, 6.07) is -1.24. The number of Topliss-reactive ketones (excluding diaryl/α,β-unsaturated/α-hetero) is 6. The number of guanidine groups is 1. The highest BCUT2D eigenvalue weighted by molar-refractivity contribution is 7.98. The largest absolute Gasteiger partial charge is 0.508 e. The fraction of sp³-hybridized carbons (Fsp3) is 0.725. The van der Waals surface area contributed by atoms with E-state index in [1.54, 1.807) is 18.4 Å². The topological polar surface area (TPSA) is 578 Å². The van der Waals surface area contributed by atoms with Gasteiger partial charge < -0.3 is 86.7 Å². The molecule has 0 saturated carbocycles. The second-order valence-electron chi connectivity index (χ2n) is 29.9. The van der Waals surface area contributed by atoms with Crippen LogP contribution in [0.1, 0.15) is 238 Å². The smallest absolute Gasteiger partial charge is 0.305 e. The van der Waals surface area contributed by atoms with E-state index in [0.717, 1.165) is 25.7 Å². The molecule has 0 radical (unpaired) electrons. The monoisotopic (exact) mass is 1650 g/mol. The highest BCUT2D eigenvalue weighted by atomic mass is 32.2. The first kappa shape index (κ1) is 104. The quantitative estimate of drug-likeness (QED) is 0.0250. The number of aliphatic carboxylic acids is 1. The van der Waals surface area contributed by atoms with Crippen LogP contribution in [0.25, 0.3) is 0 Å². The van der Waals surface area contributed by atoms with E-state index in [1.807, 2.05) is 6.26 Å². The Balaban J connectivity index is 3.48. The predicted molar refractivity (Wildman–Crippen MR) is 440 cm³/mol. The molecule has 0 aliphatic heterocycles. The van der Waals surface area contributed by atoms with Crippen molar-refractivity contribution in [3.05, 3.63) is 29.8 Å². The van der Waals surface area contributed by atoms with Gasteiger partial charge >= 0.3 is 5.97 Å². The number of carboxylic acid groups (broad SMARTS) is 1. The van der Waals surface area contributed by atoms with Gasteiger partial charge in [0.25, 0.3) is 0 Å². The fourth-order valence-electron chi connectivity index (χ4n) is 13.0. The second kappa shape index (κ2) is 61.5. The first-order valence-corrected chi connectivity index (χ1v) is 43.3. The van der Waals surface area contributed by atoms with Gasteiger partial charge in [-0.25, -0.2) is 0 Å². The van der Waals surface area contributed by atoms with Gasteiger partial charge in [-0.2, -0.15) is 23.5 Å². The van der Waals surface area contributed by atoms with E-state index in [-0.39, 0.29) is 94.2 Å². The maximum Gasteiger partial charge on any atom is 0.305 e. The summed E-state index contributed by atoms with van der Waals surface area (Å²) < 4.78 is 0. The summed E-state index contributed by atoms with van der Waals surface area (Å²) in [4.78, 5) is 208. The van der Waals surface area contributed by atoms with Crippen molar-refractivity contribution >= 4 is 117 Å². The zero-order valence-electron chi connectivity index (χ0n) is 67.9. The number of primary amides is 2. The average Bonchev–Trinajstić information content (AvgIpc) is 0.855. The molecule has 0 fully saturated rings. The van der Waals surface area contributed by atoms with E-state index in [9.17, 15) is 92.3 Å². The normalized spacial score (nSPS) is 14.4. The van der Waals surface area contributed by atoms with E-state index in [2.05, 4.69) is 43.8 Å². The molecule has 0 unspecified atom stereocenters. The molecule has 0 aliphatic carbocycles. The number of carboxylic acids is 1. The summed E-state index contributed by atoms with van der Waals surface area (Å²) in [7, 11) is 0. The van der Waals surface area contributed by atoms with Gasteiger partial charge in [0.15, 0.2) is 34.9 Å². The summed E-state index contributed by atoms with van der Waals surface area (Å²) in [5.74, 6) is -18.6. The Hall–Kier alpha value is -7.92. The van der Waals surface area contributed by atoms with E-state index < -0.39 is 212 Å². The number of benzene rings is 1. The van der Waals surface area contributed by atoms with Gasteiger partial charge in [-0.15, -0.1) is 0 Å². The number of carbonyl (C=O) groups is 15. The Bertz CT molecular complexity index is 3180. The Morgan fingerprint density at radius 2 is 0.912 bits per heavy atom. The van der Waals surface area contributed by atoms with Crippen molar-refractivity contribution in [3.63, 3.8) is 0 Å². The van der Waals surface area contributed by atoms with E-state index >= 15 is 0 Å². The van der Waals surface area contributed by atoms with Gasteiger partial charge in [0.05, 0.1) is 61.7 Å². The number of ketones is 6. The number of phenols is 1. The predicted octanol–water partition coefficient (Wildman–Crippen LogP) is 3.84. The first-order valence-electron chi connectivity index (χ1n) is 40.5. The molecule has 22 N–H and O–H groups in total. The third-order valence-electron chi connectivity index (χ3n) is 20.0. The number of aliphatic hydroxyl groups excluding tert-OH is 2. The highest BCUT2D eigenvalue weighted by Gasteiger charge is 2.38. The van der Waals surface area contributed by atoms with E-state index in [4.69, 9.17) is 34.4 Å². The number of aliphatic hydroxyl groups is 2. The lowest BCUT2D eigenvalue weighted by atomic mass is 9.89. The lowest BCUT2D eigenvalue weighted by Crippen LogP contribution is -2.51.